The van der Waals surface area contributed by atoms with Crippen LogP contribution in [0, 0.1) is 11.7 Å². The van der Waals surface area contributed by atoms with Crippen molar-refractivity contribution in [3.8, 4) is 0 Å². The number of piperidine rings is 2. The van der Waals surface area contributed by atoms with Crippen molar-refractivity contribution in [2.75, 3.05) is 31.6 Å². The third-order valence-electron chi connectivity index (χ3n) is 4.91. The van der Waals surface area contributed by atoms with Gasteiger partial charge in [0.05, 0.1) is 0 Å². The average Bonchev–Trinajstić information content (AvgIpc) is 2.47. The minimum absolute atomic E-state index is 0.271. The van der Waals surface area contributed by atoms with Gasteiger partial charge in [-0.25, -0.2) is 4.39 Å². The zero-order chi connectivity index (χ0) is 15.0. The molecule has 3 rings (SSSR count). The maximum atomic E-state index is 13.5. The van der Waals surface area contributed by atoms with Gasteiger partial charge in [0.15, 0.2) is 0 Å². The Morgan fingerprint density at radius 2 is 2.14 bits per heavy atom. The molecular weight excluding hydrogens is 285 g/mol. The van der Waals surface area contributed by atoms with Crippen LogP contribution in [0.25, 0.3) is 0 Å². The van der Waals surface area contributed by atoms with Crippen LogP contribution in [0.1, 0.15) is 24.8 Å². The predicted molar refractivity (Wildman–Crippen MR) is 88.3 cm³/mol. The number of nitrogens with zero attached hydrogens (tertiary/aromatic N) is 2. The van der Waals surface area contributed by atoms with E-state index in [0.717, 1.165) is 25.2 Å². The zero-order valence-corrected chi connectivity index (χ0v) is 13.2. The fourth-order valence-electron chi connectivity index (χ4n) is 3.85. The van der Waals surface area contributed by atoms with Crippen molar-refractivity contribution in [2.45, 2.75) is 25.3 Å². The van der Waals surface area contributed by atoms with Gasteiger partial charge in [-0.1, -0.05) is 12.2 Å². The maximum Gasteiger partial charge on any atom is 0.124 e. The number of nitrogens with two attached hydrogens (primary N) is 1. The van der Waals surface area contributed by atoms with Crippen LogP contribution in [0.3, 0.4) is 0 Å². The standard InChI is InChI=1S/C16H22FN3S/c1-19-7-2-3-11-10-20(8-6-14(11)19)15-5-4-12(17)9-13(15)16(18)21/h4-5,9,11,14H,2-3,6-8,10H2,1H3,(H2,18,21). The largest absolute Gasteiger partial charge is 0.389 e. The van der Waals surface area contributed by atoms with Crippen molar-refractivity contribution >= 4 is 22.9 Å². The lowest BCUT2D eigenvalue weighted by Gasteiger charge is -2.47. The van der Waals surface area contributed by atoms with Crippen LogP contribution in [0.4, 0.5) is 10.1 Å². The molecule has 0 amide bonds. The molecule has 5 heteroatoms. The highest BCUT2D eigenvalue weighted by molar-refractivity contribution is 7.80. The quantitative estimate of drug-likeness (QED) is 0.850. The number of fused-ring (bicyclic) bond motifs is 1. The van der Waals surface area contributed by atoms with Crippen molar-refractivity contribution in [3.63, 3.8) is 0 Å². The normalized spacial score (nSPS) is 26.5. The smallest absolute Gasteiger partial charge is 0.124 e. The Morgan fingerprint density at radius 3 is 2.90 bits per heavy atom. The van der Waals surface area contributed by atoms with Gasteiger partial charge in [-0.05, 0) is 57.0 Å². The van der Waals surface area contributed by atoms with Gasteiger partial charge >= 0.3 is 0 Å². The molecule has 2 aliphatic rings. The molecular formula is C16H22FN3S. The van der Waals surface area contributed by atoms with E-state index in [1.807, 2.05) is 6.07 Å². The van der Waals surface area contributed by atoms with Crippen LogP contribution in [0.15, 0.2) is 18.2 Å². The number of anilines is 1. The lowest BCUT2D eigenvalue weighted by molar-refractivity contribution is 0.102. The molecule has 0 aliphatic carbocycles. The molecule has 2 saturated heterocycles. The fourth-order valence-corrected chi connectivity index (χ4v) is 4.02. The number of hydrogen-bond acceptors (Lipinski definition) is 3. The molecule has 1 aromatic carbocycles. The molecule has 2 heterocycles. The molecule has 0 saturated carbocycles. The summed E-state index contributed by atoms with van der Waals surface area (Å²) in [6.45, 7) is 3.19. The monoisotopic (exact) mass is 307 g/mol. The average molecular weight is 307 g/mol. The Hall–Kier alpha value is -1.20. The molecule has 0 spiro atoms. The summed E-state index contributed by atoms with van der Waals surface area (Å²) >= 11 is 5.09. The lowest BCUT2D eigenvalue weighted by Crippen LogP contribution is -2.53. The van der Waals surface area contributed by atoms with E-state index in [2.05, 4.69) is 16.8 Å². The molecule has 1 aromatic rings. The van der Waals surface area contributed by atoms with Gasteiger partial charge in [0, 0.05) is 30.4 Å². The molecule has 2 unspecified atom stereocenters. The minimum atomic E-state index is -0.283. The van der Waals surface area contributed by atoms with Crippen molar-refractivity contribution in [1.29, 1.82) is 0 Å². The zero-order valence-electron chi connectivity index (χ0n) is 12.4. The molecule has 2 fully saturated rings. The van der Waals surface area contributed by atoms with Gasteiger partial charge in [0.1, 0.15) is 10.8 Å². The van der Waals surface area contributed by atoms with Crippen LogP contribution in [0.5, 0.6) is 0 Å². The van der Waals surface area contributed by atoms with Crippen LogP contribution in [0.2, 0.25) is 0 Å². The number of thiocarbonyl (C=S) groups is 1. The molecule has 0 radical (unpaired) electrons. The first kappa shape index (κ1) is 14.7. The van der Waals surface area contributed by atoms with Crippen LogP contribution in [-0.4, -0.2) is 42.6 Å². The van der Waals surface area contributed by atoms with E-state index in [4.69, 9.17) is 18.0 Å². The first-order valence-corrected chi connectivity index (χ1v) is 8.01. The third-order valence-corrected chi connectivity index (χ3v) is 5.13. The van der Waals surface area contributed by atoms with Gasteiger partial charge in [0.2, 0.25) is 0 Å². The Kier molecular flexibility index (Phi) is 4.13. The van der Waals surface area contributed by atoms with Gasteiger partial charge in [-0.15, -0.1) is 0 Å². The van der Waals surface area contributed by atoms with E-state index in [-0.39, 0.29) is 10.8 Å². The summed E-state index contributed by atoms with van der Waals surface area (Å²) in [6, 6.07) is 5.45. The van der Waals surface area contributed by atoms with Gasteiger partial charge in [-0.3, -0.25) is 0 Å². The summed E-state index contributed by atoms with van der Waals surface area (Å²) in [4.78, 5) is 5.09. The Labute approximate surface area is 130 Å². The van der Waals surface area contributed by atoms with Crippen LogP contribution < -0.4 is 10.6 Å². The van der Waals surface area contributed by atoms with Crippen molar-refractivity contribution in [1.82, 2.24) is 4.90 Å². The number of rotatable bonds is 2. The first-order valence-electron chi connectivity index (χ1n) is 7.61. The number of benzene rings is 1. The van der Waals surface area contributed by atoms with E-state index in [0.29, 0.717) is 17.5 Å². The van der Waals surface area contributed by atoms with E-state index in [1.54, 1.807) is 0 Å². The highest BCUT2D eigenvalue weighted by atomic mass is 32.1. The first-order chi connectivity index (χ1) is 10.1. The fraction of sp³-hybridized carbons (Fsp3) is 0.562. The Balaban J connectivity index is 1.84. The number of halogens is 1. The SMILES string of the molecule is CN1CCCC2CN(c3ccc(F)cc3C(N)=S)CCC21. The van der Waals surface area contributed by atoms with Gasteiger partial charge in [0.25, 0.3) is 0 Å². The molecule has 114 valence electrons. The molecule has 0 aromatic heterocycles. The topological polar surface area (TPSA) is 32.5 Å². The number of hydrogen-bond donors (Lipinski definition) is 1. The van der Waals surface area contributed by atoms with E-state index < -0.39 is 0 Å². The molecule has 2 aliphatic heterocycles. The third kappa shape index (κ3) is 2.90. The van der Waals surface area contributed by atoms with Crippen molar-refractivity contribution < 1.29 is 4.39 Å². The molecule has 2 atom stereocenters. The number of likely N-dealkylation sites (tertiary alicyclic amines) is 1. The van der Waals surface area contributed by atoms with E-state index >= 15 is 0 Å². The highest BCUT2D eigenvalue weighted by Gasteiger charge is 2.34. The predicted octanol–water partition coefficient (Wildman–Crippen LogP) is 2.38. The maximum absolute atomic E-state index is 13.5. The summed E-state index contributed by atoms with van der Waals surface area (Å²) in [5, 5.41) is 0. The van der Waals surface area contributed by atoms with Crippen molar-refractivity contribution in [2.24, 2.45) is 11.7 Å². The summed E-state index contributed by atoms with van der Waals surface area (Å²) in [5.41, 5.74) is 7.42. The molecule has 3 nitrogen and oxygen atoms in total. The second-order valence-electron chi connectivity index (χ2n) is 6.21. The highest BCUT2D eigenvalue weighted by Crippen LogP contribution is 2.33. The summed E-state index contributed by atoms with van der Waals surface area (Å²) in [6.07, 6.45) is 3.68. The second-order valence-corrected chi connectivity index (χ2v) is 6.65. The van der Waals surface area contributed by atoms with Crippen molar-refractivity contribution in [3.05, 3.63) is 29.6 Å². The Morgan fingerprint density at radius 1 is 1.33 bits per heavy atom. The van der Waals surface area contributed by atoms with Gasteiger partial charge in [-0.2, -0.15) is 0 Å². The van der Waals surface area contributed by atoms with Crippen LogP contribution in [-0.2, 0) is 0 Å². The van der Waals surface area contributed by atoms with Crippen LogP contribution >= 0.6 is 12.2 Å². The lowest BCUT2D eigenvalue weighted by atomic mass is 9.84. The van der Waals surface area contributed by atoms with Gasteiger partial charge < -0.3 is 15.5 Å². The van der Waals surface area contributed by atoms with E-state index in [1.165, 1.54) is 31.5 Å². The summed E-state index contributed by atoms with van der Waals surface area (Å²) < 4.78 is 13.5. The van der Waals surface area contributed by atoms with E-state index in [9.17, 15) is 4.39 Å². The second kappa shape index (κ2) is 5.89. The summed E-state index contributed by atoms with van der Waals surface area (Å²) in [5.74, 6) is 0.399. The molecule has 21 heavy (non-hydrogen) atoms. The minimum Gasteiger partial charge on any atom is -0.389 e. The Bertz CT molecular complexity index is 548. The summed E-state index contributed by atoms with van der Waals surface area (Å²) in [7, 11) is 2.23. The molecule has 0 bridgehead atoms. The molecule has 2 N–H and O–H groups in total.